The van der Waals surface area contributed by atoms with Gasteiger partial charge in [0.2, 0.25) is 0 Å². The summed E-state index contributed by atoms with van der Waals surface area (Å²) in [5.41, 5.74) is 1.89. The van der Waals surface area contributed by atoms with Gasteiger partial charge in [-0.25, -0.2) is 4.98 Å². The van der Waals surface area contributed by atoms with E-state index in [1.165, 1.54) is 5.56 Å². The molecule has 0 aliphatic rings. The van der Waals surface area contributed by atoms with Gasteiger partial charge in [0.15, 0.2) is 0 Å². The van der Waals surface area contributed by atoms with Crippen molar-refractivity contribution < 1.29 is 0 Å². The molecule has 0 spiro atoms. The zero-order valence-corrected chi connectivity index (χ0v) is 12.8. The summed E-state index contributed by atoms with van der Waals surface area (Å²) in [4.78, 5) is 21.8. The summed E-state index contributed by atoms with van der Waals surface area (Å²) in [6, 6.07) is 17.7. The second kappa shape index (κ2) is 6.12. The predicted molar refractivity (Wildman–Crippen MR) is 88.7 cm³/mol. The van der Waals surface area contributed by atoms with Crippen LogP contribution in [0.25, 0.3) is 10.9 Å². The topological polar surface area (TPSA) is 49.0 Å². The fraction of sp³-hybridized carbons (Fsp3) is 0.222. The number of rotatable bonds is 4. The number of nitrogens with zero attached hydrogens (tertiary/aromatic N) is 2. The number of H-pyrrole nitrogens is 1. The summed E-state index contributed by atoms with van der Waals surface area (Å²) >= 11 is 0. The molecule has 0 amide bonds. The van der Waals surface area contributed by atoms with Crippen LogP contribution in [0, 0.1) is 0 Å². The Bertz CT molecular complexity index is 826. The van der Waals surface area contributed by atoms with Gasteiger partial charge in [0, 0.05) is 6.54 Å². The fourth-order valence-electron chi connectivity index (χ4n) is 2.52. The van der Waals surface area contributed by atoms with Crippen LogP contribution < -0.4 is 5.56 Å². The highest BCUT2D eigenvalue weighted by Crippen LogP contribution is 2.18. The molecule has 1 aromatic heterocycles. The van der Waals surface area contributed by atoms with Crippen molar-refractivity contribution in [2.24, 2.45) is 0 Å². The van der Waals surface area contributed by atoms with E-state index in [0.717, 1.165) is 12.1 Å². The lowest BCUT2D eigenvalue weighted by Gasteiger charge is -2.24. The highest BCUT2D eigenvalue weighted by atomic mass is 16.1. The summed E-state index contributed by atoms with van der Waals surface area (Å²) < 4.78 is 0. The van der Waals surface area contributed by atoms with Gasteiger partial charge >= 0.3 is 0 Å². The Hall–Kier alpha value is -2.46. The number of benzene rings is 2. The molecule has 2 aromatic carbocycles. The van der Waals surface area contributed by atoms with Crippen molar-refractivity contribution in [3.05, 3.63) is 76.3 Å². The first-order valence-electron chi connectivity index (χ1n) is 7.38. The van der Waals surface area contributed by atoms with Crippen LogP contribution in [0.2, 0.25) is 0 Å². The highest BCUT2D eigenvalue weighted by molar-refractivity contribution is 5.77. The minimum absolute atomic E-state index is 0.0255. The van der Waals surface area contributed by atoms with Crippen molar-refractivity contribution in [3.8, 4) is 0 Å². The summed E-state index contributed by atoms with van der Waals surface area (Å²) in [6.45, 7) is 2.86. The number of fused-ring (bicyclic) bond motifs is 1. The maximum atomic E-state index is 12.2. The lowest BCUT2D eigenvalue weighted by Crippen LogP contribution is -2.25. The average molecular weight is 293 g/mol. The van der Waals surface area contributed by atoms with Gasteiger partial charge in [0.25, 0.3) is 5.56 Å². The molecule has 112 valence electrons. The number of aromatic amines is 1. The maximum absolute atomic E-state index is 12.2. The average Bonchev–Trinajstić information content (AvgIpc) is 2.55. The number of aromatic nitrogens is 2. The summed E-state index contributed by atoms with van der Waals surface area (Å²) in [7, 11) is 2.03. The molecule has 4 nitrogen and oxygen atoms in total. The van der Waals surface area contributed by atoms with Crippen LogP contribution in [0.15, 0.2) is 59.4 Å². The van der Waals surface area contributed by atoms with E-state index in [2.05, 4.69) is 33.9 Å². The van der Waals surface area contributed by atoms with Crippen molar-refractivity contribution in [1.29, 1.82) is 0 Å². The van der Waals surface area contributed by atoms with Crippen molar-refractivity contribution >= 4 is 10.9 Å². The zero-order valence-electron chi connectivity index (χ0n) is 12.8. The largest absolute Gasteiger partial charge is 0.309 e. The van der Waals surface area contributed by atoms with Gasteiger partial charge in [-0.3, -0.25) is 9.69 Å². The molecule has 3 rings (SSSR count). The van der Waals surface area contributed by atoms with Crippen LogP contribution in [0.5, 0.6) is 0 Å². The zero-order chi connectivity index (χ0) is 15.5. The molecule has 0 radical (unpaired) electrons. The number of hydrogen-bond donors (Lipinski definition) is 1. The molecular weight excluding hydrogens is 274 g/mol. The first kappa shape index (κ1) is 14.5. The Morgan fingerprint density at radius 3 is 2.55 bits per heavy atom. The molecule has 3 aromatic rings. The Balaban J connectivity index is 1.88. The molecule has 0 fully saturated rings. The van der Waals surface area contributed by atoms with Crippen LogP contribution in [-0.4, -0.2) is 21.9 Å². The van der Waals surface area contributed by atoms with Crippen molar-refractivity contribution in [1.82, 2.24) is 14.9 Å². The molecular formula is C18H19N3O. The number of nitrogens with one attached hydrogen (secondary N) is 1. The van der Waals surface area contributed by atoms with Crippen LogP contribution >= 0.6 is 0 Å². The quantitative estimate of drug-likeness (QED) is 0.804. The molecule has 0 saturated carbocycles. The van der Waals surface area contributed by atoms with E-state index in [9.17, 15) is 4.79 Å². The number of para-hydroxylation sites is 1. The Kier molecular flexibility index (Phi) is 4.02. The standard InChI is InChI=1S/C18H19N3O/c1-13(21(2)12-14-8-4-3-5-9-14)17-19-16-11-7-6-10-15(16)18(22)20-17/h3-11,13H,12H2,1-2H3,(H,19,20,22)/t13-/m1/s1. The minimum atomic E-state index is -0.0828. The van der Waals surface area contributed by atoms with Crippen LogP contribution in [0.4, 0.5) is 0 Å². The highest BCUT2D eigenvalue weighted by Gasteiger charge is 2.15. The molecule has 1 atom stereocenters. The van der Waals surface area contributed by atoms with Gasteiger partial charge in [-0.1, -0.05) is 42.5 Å². The first-order valence-corrected chi connectivity index (χ1v) is 7.38. The maximum Gasteiger partial charge on any atom is 0.258 e. The van der Waals surface area contributed by atoms with Gasteiger partial charge in [-0.2, -0.15) is 0 Å². The minimum Gasteiger partial charge on any atom is -0.309 e. The summed E-state index contributed by atoms with van der Waals surface area (Å²) in [5.74, 6) is 0.696. The Morgan fingerprint density at radius 1 is 1.09 bits per heavy atom. The molecule has 0 bridgehead atoms. The monoisotopic (exact) mass is 293 g/mol. The van der Waals surface area contributed by atoms with Crippen LogP contribution in [0.1, 0.15) is 24.4 Å². The van der Waals surface area contributed by atoms with E-state index >= 15 is 0 Å². The fourth-order valence-corrected chi connectivity index (χ4v) is 2.52. The van der Waals surface area contributed by atoms with Crippen molar-refractivity contribution in [3.63, 3.8) is 0 Å². The third kappa shape index (κ3) is 2.92. The van der Waals surface area contributed by atoms with Crippen molar-refractivity contribution in [2.75, 3.05) is 7.05 Å². The van der Waals surface area contributed by atoms with Gasteiger partial charge in [0.05, 0.1) is 16.9 Å². The van der Waals surface area contributed by atoms with E-state index in [4.69, 9.17) is 0 Å². The molecule has 0 aliphatic carbocycles. The van der Waals surface area contributed by atoms with Gasteiger partial charge in [-0.15, -0.1) is 0 Å². The van der Waals surface area contributed by atoms with Gasteiger partial charge in [0.1, 0.15) is 5.82 Å². The molecule has 0 saturated heterocycles. The molecule has 22 heavy (non-hydrogen) atoms. The van der Waals surface area contributed by atoms with Crippen LogP contribution in [-0.2, 0) is 6.54 Å². The third-order valence-electron chi connectivity index (χ3n) is 3.96. The Morgan fingerprint density at radius 2 is 1.77 bits per heavy atom. The molecule has 0 aliphatic heterocycles. The first-order chi connectivity index (χ1) is 10.6. The van der Waals surface area contributed by atoms with Gasteiger partial charge in [-0.05, 0) is 31.7 Å². The van der Waals surface area contributed by atoms with Gasteiger partial charge < -0.3 is 4.98 Å². The van der Waals surface area contributed by atoms with E-state index in [-0.39, 0.29) is 11.6 Å². The second-order valence-corrected chi connectivity index (χ2v) is 5.55. The van der Waals surface area contributed by atoms with Crippen molar-refractivity contribution in [2.45, 2.75) is 19.5 Å². The van der Waals surface area contributed by atoms with E-state index < -0.39 is 0 Å². The molecule has 1 heterocycles. The molecule has 4 heteroatoms. The lowest BCUT2D eigenvalue weighted by atomic mass is 10.2. The van der Waals surface area contributed by atoms with E-state index in [0.29, 0.717) is 11.2 Å². The normalized spacial score (nSPS) is 12.7. The lowest BCUT2D eigenvalue weighted by molar-refractivity contribution is 0.244. The van der Waals surface area contributed by atoms with E-state index in [1.54, 1.807) is 6.07 Å². The Labute approximate surface area is 129 Å². The summed E-state index contributed by atoms with van der Waals surface area (Å²) in [5, 5.41) is 0.629. The molecule has 1 N–H and O–H groups in total. The molecule has 0 unspecified atom stereocenters. The predicted octanol–water partition coefficient (Wildman–Crippen LogP) is 3.12. The van der Waals surface area contributed by atoms with E-state index in [1.807, 2.05) is 43.4 Å². The SMILES string of the molecule is C[C@H](c1nc2ccccc2c(=O)[nH]1)N(C)Cc1ccccc1. The smallest absolute Gasteiger partial charge is 0.258 e. The third-order valence-corrected chi connectivity index (χ3v) is 3.96. The number of hydrogen-bond acceptors (Lipinski definition) is 3. The summed E-state index contributed by atoms with van der Waals surface area (Å²) in [6.07, 6.45) is 0. The second-order valence-electron chi connectivity index (χ2n) is 5.55. The van der Waals surface area contributed by atoms with Crippen LogP contribution in [0.3, 0.4) is 0 Å².